The second-order valence-corrected chi connectivity index (χ2v) is 12.8. The Hall–Kier alpha value is -2.26. The summed E-state index contributed by atoms with van der Waals surface area (Å²) in [4.78, 5) is 17.3. The molecule has 2 aliphatic rings. The number of aryl methyl sites for hydroxylation is 1. The lowest BCUT2D eigenvalue weighted by Crippen LogP contribution is -2.39. The van der Waals surface area contributed by atoms with E-state index in [0.29, 0.717) is 60.2 Å². The number of rotatable bonds is 6. The predicted octanol–water partition coefficient (Wildman–Crippen LogP) is 4.73. The second kappa shape index (κ2) is 10.6. The van der Waals surface area contributed by atoms with Gasteiger partial charge >= 0.3 is 5.97 Å². The highest BCUT2D eigenvalue weighted by Gasteiger charge is 2.42. The van der Waals surface area contributed by atoms with Gasteiger partial charge in [-0.15, -0.1) is 0 Å². The van der Waals surface area contributed by atoms with Crippen LogP contribution in [0.3, 0.4) is 0 Å². The summed E-state index contributed by atoms with van der Waals surface area (Å²) in [6.45, 7) is 4.81. The number of aliphatic imine (C=N–C) groups is 1. The van der Waals surface area contributed by atoms with Crippen molar-refractivity contribution in [3.8, 4) is 0 Å². The van der Waals surface area contributed by atoms with Gasteiger partial charge in [-0.25, -0.2) is 14.1 Å². The molecule has 0 amide bonds. The molecule has 0 aliphatic carbocycles. The Balaban J connectivity index is 1.45. The molecule has 12 heteroatoms. The molecule has 0 N–H and O–H groups in total. The number of benzene rings is 2. The van der Waals surface area contributed by atoms with E-state index >= 15 is 0 Å². The first-order valence-corrected chi connectivity index (χ1v) is 14.8. The minimum Gasteiger partial charge on any atom is -0.460 e. The van der Waals surface area contributed by atoms with Crippen molar-refractivity contribution in [2.24, 2.45) is 4.99 Å². The molecule has 0 radical (unpaired) electrons. The van der Waals surface area contributed by atoms with E-state index in [-0.39, 0.29) is 6.61 Å². The zero-order valence-electron chi connectivity index (χ0n) is 19.4. The summed E-state index contributed by atoms with van der Waals surface area (Å²) in [7, 11) is 0. The largest absolute Gasteiger partial charge is 0.460 e. The maximum absolute atomic E-state index is 12.4. The predicted molar refractivity (Wildman–Crippen MR) is 144 cm³/mol. The number of ether oxygens (including phenoxy) is 2. The molecule has 2 aliphatic heterocycles. The molecule has 2 aromatic carbocycles. The minimum atomic E-state index is -2.71. The number of aromatic nitrogens is 2. The second-order valence-electron chi connectivity index (χ2n) is 8.23. The summed E-state index contributed by atoms with van der Waals surface area (Å²) in [6, 6.07) is 13.8. The van der Waals surface area contributed by atoms with Gasteiger partial charge in [-0.05, 0) is 67.3 Å². The normalized spacial score (nSPS) is 19.8. The number of fused-ring (bicyclic) bond motifs is 1. The van der Waals surface area contributed by atoms with Crippen molar-refractivity contribution < 1.29 is 18.8 Å². The van der Waals surface area contributed by atoms with Gasteiger partial charge < -0.3 is 14.0 Å². The van der Waals surface area contributed by atoms with Gasteiger partial charge in [-0.3, -0.25) is 0 Å². The maximum atomic E-state index is 12.4. The highest BCUT2D eigenvalue weighted by atomic mass is 35.5. The third-order valence-corrected chi connectivity index (χ3v) is 10.5. The van der Waals surface area contributed by atoms with E-state index in [4.69, 9.17) is 59.1 Å². The molecule has 5 rings (SSSR count). The number of nitrogens with zero attached hydrogens (tertiary/aromatic N) is 4. The number of halogens is 2. The van der Waals surface area contributed by atoms with Crippen LogP contribution in [0.5, 0.6) is 0 Å². The Bertz CT molecular complexity index is 1360. The van der Waals surface area contributed by atoms with Crippen LogP contribution < -0.4 is 5.30 Å². The molecule has 0 saturated carbocycles. The third-order valence-electron chi connectivity index (χ3n) is 5.84. The summed E-state index contributed by atoms with van der Waals surface area (Å²) < 4.78 is 21.5. The highest BCUT2D eigenvalue weighted by Crippen LogP contribution is 2.56. The molecule has 1 fully saturated rings. The lowest BCUT2D eigenvalue weighted by Gasteiger charge is -2.38. The fourth-order valence-corrected chi connectivity index (χ4v) is 8.08. The van der Waals surface area contributed by atoms with Gasteiger partial charge in [-0.1, -0.05) is 23.2 Å². The third kappa shape index (κ3) is 5.09. The average molecular weight is 565 g/mol. The van der Waals surface area contributed by atoms with Gasteiger partial charge in [0, 0.05) is 28.7 Å². The monoisotopic (exact) mass is 564 g/mol. The van der Waals surface area contributed by atoms with Gasteiger partial charge in [0.05, 0.1) is 31.0 Å². The minimum absolute atomic E-state index is 0.113. The van der Waals surface area contributed by atoms with Crippen molar-refractivity contribution in [3.63, 3.8) is 0 Å². The lowest BCUT2D eigenvalue weighted by atomic mass is 10.2. The van der Waals surface area contributed by atoms with Gasteiger partial charge in [-0.2, -0.15) is 10.1 Å². The van der Waals surface area contributed by atoms with Crippen LogP contribution >= 0.6 is 29.6 Å². The number of morpholine rings is 1. The zero-order chi connectivity index (χ0) is 25.3. The number of carbonyl (C=O) groups excluding carboxylic acids is 1. The molecular weight excluding hydrogens is 542 g/mol. The van der Waals surface area contributed by atoms with E-state index in [1.807, 2.05) is 19.1 Å². The van der Waals surface area contributed by atoms with Crippen molar-refractivity contribution in [3.05, 3.63) is 75.4 Å². The molecule has 36 heavy (non-hydrogen) atoms. The topological polar surface area (TPSA) is 78.2 Å². The van der Waals surface area contributed by atoms with E-state index < -0.39 is 12.4 Å². The number of hydrogen-bond acceptors (Lipinski definition) is 7. The Morgan fingerprint density at radius 2 is 1.72 bits per heavy atom. The first-order valence-electron chi connectivity index (χ1n) is 11.3. The quantitative estimate of drug-likeness (QED) is 0.316. The molecular formula is C24H23Cl2N4O4PS. The summed E-state index contributed by atoms with van der Waals surface area (Å²) >= 11 is 18.3. The first-order chi connectivity index (χ1) is 17.3. The SMILES string of the molecule is Cc1nn(CCOC(=O)c2ccc(Cl)cc2)c2c1P(=S)(N1CCOCC1)OC(c1ccc(Cl)cc1)=N2. The van der Waals surface area contributed by atoms with E-state index in [9.17, 15) is 4.79 Å². The molecule has 188 valence electrons. The number of hydrogen-bond donors (Lipinski definition) is 0. The summed E-state index contributed by atoms with van der Waals surface area (Å²) in [6.07, 6.45) is -2.71. The van der Waals surface area contributed by atoms with Gasteiger partial charge in [0.25, 0.3) is 0 Å². The van der Waals surface area contributed by atoms with Gasteiger partial charge in [0.2, 0.25) is 12.3 Å². The Labute approximate surface area is 223 Å². The standard InChI is InChI=1S/C24H23Cl2N4O4PS/c1-16-21-22(30(28-16)12-15-33-24(31)18-4-8-20(26)9-5-18)27-23(17-2-6-19(25)7-3-17)34-35(21,36)29-10-13-32-14-11-29/h2-9H,10-15H2,1H3. The van der Waals surface area contributed by atoms with E-state index in [0.717, 1.165) is 16.6 Å². The fraction of sp³-hybridized carbons (Fsp3) is 0.292. The number of carbonyl (C=O) groups is 1. The molecule has 0 bridgehead atoms. The molecule has 1 atom stereocenters. The Kier molecular flexibility index (Phi) is 7.49. The molecule has 3 heterocycles. The zero-order valence-corrected chi connectivity index (χ0v) is 22.6. The summed E-state index contributed by atoms with van der Waals surface area (Å²) in [5, 5.41) is 6.70. The van der Waals surface area contributed by atoms with E-state index in [1.54, 1.807) is 41.1 Å². The molecule has 1 unspecified atom stereocenters. The van der Waals surface area contributed by atoms with Crippen LogP contribution in [0.4, 0.5) is 5.82 Å². The molecule has 8 nitrogen and oxygen atoms in total. The maximum Gasteiger partial charge on any atom is 0.338 e. The van der Waals surface area contributed by atoms with Crippen LogP contribution in [0.1, 0.15) is 21.6 Å². The Morgan fingerprint density at radius 3 is 2.39 bits per heavy atom. The van der Waals surface area contributed by atoms with Gasteiger partial charge in [0.15, 0.2) is 5.82 Å². The van der Waals surface area contributed by atoms with Crippen molar-refractivity contribution in [2.75, 3.05) is 32.9 Å². The highest BCUT2D eigenvalue weighted by molar-refractivity contribution is 8.15. The van der Waals surface area contributed by atoms with Crippen molar-refractivity contribution in [1.82, 2.24) is 14.5 Å². The van der Waals surface area contributed by atoms with Gasteiger partial charge in [0.1, 0.15) is 11.9 Å². The van der Waals surface area contributed by atoms with Crippen LogP contribution in [0.15, 0.2) is 53.5 Å². The number of esters is 1. The molecule has 1 aromatic heterocycles. The van der Waals surface area contributed by atoms with Crippen molar-refractivity contribution >= 4 is 64.4 Å². The fourth-order valence-electron chi connectivity index (χ4n) is 4.06. The van der Waals surface area contributed by atoms with Crippen LogP contribution in [0.25, 0.3) is 0 Å². The van der Waals surface area contributed by atoms with Crippen LogP contribution in [0.2, 0.25) is 10.0 Å². The molecule has 1 saturated heterocycles. The molecule has 0 spiro atoms. The first kappa shape index (κ1) is 25.4. The van der Waals surface area contributed by atoms with E-state index in [2.05, 4.69) is 4.67 Å². The van der Waals surface area contributed by atoms with Crippen LogP contribution in [-0.2, 0) is 32.3 Å². The molecule has 3 aromatic rings. The average Bonchev–Trinajstić information content (AvgIpc) is 3.21. The smallest absolute Gasteiger partial charge is 0.338 e. The van der Waals surface area contributed by atoms with Crippen LogP contribution in [0, 0.1) is 6.92 Å². The van der Waals surface area contributed by atoms with E-state index in [1.165, 1.54) is 0 Å². The lowest BCUT2D eigenvalue weighted by molar-refractivity contribution is 0.0488. The van der Waals surface area contributed by atoms with Crippen molar-refractivity contribution in [2.45, 2.75) is 13.5 Å². The Morgan fingerprint density at radius 1 is 1.08 bits per heavy atom. The summed E-state index contributed by atoms with van der Waals surface area (Å²) in [5.41, 5.74) is 1.95. The van der Waals surface area contributed by atoms with Crippen LogP contribution in [-0.4, -0.2) is 59.2 Å². The van der Waals surface area contributed by atoms with Crippen molar-refractivity contribution in [1.29, 1.82) is 0 Å². The summed E-state index contributed by atoms with van der Waals surface area (Å²) in [5.74, 6) is 0.617.